The summed E-state index contributed by atoms with van der Waals surface area (Å²) in [7, 11) is 0. The van der Waals surface area contributed by atoms with E-state index in [1.807, 2.05) is 54.3 Å². The molecule has 2 aromatic rings. The summed E-state index contributed by atoms with van der Waals surface area (Å²) in [5, 5.41) is 3.06. The number of aromatic nitrogens is 1. The zero-order valence-corrected chi connectivity index (χ0v) is 13.2. The number of carbonyl (C=O) groups excluding carboxylic acids is 1. The van der Waals surface area contributed by atoms with Gasteiger partial charge in [0.2, 0.25) is 0 Å². The van der Waals surface area contributed by atoms with Gasteiger partial charge in [-0.2, -0.15) is 0 Å². The molecule has 2 heterocycles. The van der Waals surface area contributed by atoms with Crippen molar-refractivity contribution < 1.29 is 9.53 Å². The highest BCUT2D eigenvalue weighted by atomic mass is 16.5. The average molecular weight is 311 g/mol. The van der Waals surface area contributed by atoms with Crippen LogP contribution in [0.1, 0.15) is 30.1 Å². The second-order valence-electron chi connectivity index (χ2n) is 5.65. The van der Waals surface area contributed by atoms with Gasteiger partial charge in [0.25, 0.3) is 0 Å². The van der Waals surface area contributed by atoms with E-state index < -0.39 is 0 Å². The number of carbonyl (C=O) groups is 1. The smallest absolute Gasteiger partial charge is 0.318 e. The molecule has 0 spiro atoms. The Morgan fingerprint density at radius 1 is 1.30 bits per heavy atom. The molecule has 0 aliphatic carbocycles. The Bertz CT molecular complexity index is 633. The maximum Gasteiger partial charge on any atom is 0.318 e. The molecule has 5 heteroatoms. The van der Waals surface area contributed by atoms with E-state index in [1.165, 1.54) is 0 Å². The fourth-order valence-corrected chi connectivity index (χ4v) is 2.78. The van der Waals surface area contributed by atoms with Crippen molar-refractivity contribution in [2.75, 3.05) is 19.8 Å². The number of urea groups is 1. The molecule has 2 atom stereocenters. The molecule has 3 rings (SSSR count). The molecule has 23 heavy (non-hydrogen) atoms. The third-order valence-corrected chi connectivity index (χ3v) is 4.10. The lowest BCUT2D eigenvalue weighted by atomic mass is 10.1. The Morgan fingerprint density at radius 2 is 2.13 bits per heavy atom. The quantitative estimate of drug-likeness (QED) is 0.948. The van der Waals surface area contributed by atoms with Crippen molar-refractivity contribution in [1.29, 1.82) is 0 Å². The molecule has 0 bridgehead atoms. The van der Waals surface area contributed by atoms with Crippen molar-refractivity contribution in [3.63, 3.8) is 0 Å². The van der Waals surface area contributed by atoms with Crippen LogP contribution in [0.3, 0.4) is 0 Å². The summed E-state index contributed by atoms with van der Waals surface area (Å²) in [6, 6.07) is 13.6. The molecule has 2 unspecified atom stereocenters. The molecule has 1 fully saturated rings. The lowest BCUT2D eigenvalue weighted by Gasteiger charge is -2.36. The number of benzene rings is 1. The van der Waals surface area contributed by atoms with E-state index in [9.17, 15) is 4.79 Å². The molecule has 120 valence electrons. The van der Waals surface area contributed by atoms with E-state index in [-0.39, 0.29) is 18.1 Å². The molecule has 1 aromatic carbocycles. The normalized spacial score (nSPS) is 19.2. The number of ether oxygens (including phenoxy) is 1. The molecule has 1 aromatic heterocycles. The summed E-state index contributed by atoms with van der Waals surface area (Å²) < 4.78 is 5.57. The summed E-state index contributed by atoms with van der Waals surface area (Å²) >= 11 is 0. The van der Waals surface area contributed by atoms with Gasteiger partial charge in [-0.15, -0.1) is 0 Å². The van der Waals surface area contributed by atoms with Crippen LogP contribution in [-0.4, -0.2) is 35.7 Å². The van der Waals surface area contributed by atoms with Crippen LogP contribution in [0.15, 0.2) is 54.9 Å². The molecule has 1 N–H and O–H groups in total. The van der Waals surface area contributed by atoms with Gasteiger partial charge in [-0.25, -0.2) is 4.79 Å². The van der Waals surface area contributed by atoms with E-state index >= 15 is 0 Å². The Kier molecular flexibility index (Phi) is 4.88. The number of amides is 2. The van der Waals surface area contributed by atoms with Gasteiger partial charge in [0.15, 0.2) is 0 Å². The zero-order chi connectivity index (χ0) is 16.1. The standard InChI is InChI=1S/C18H21N3O2/c1-14(16-8-5-9-19-12-16)20-18(22)21-10-11-23-13-17(21)15-6-3-2-4-7-15/h2-9,12,14,17H,10-11,13H2,1H3,(H,20,22). The highest BCUT2D eigenvalue weighted by Crippen LogP contribution is 2.24. The topological polar surface area (TPSA) is 54.5 Å². The van der Waals surface area contributed by atoms with Crippen LogP contribution in [0.25, 0.3) is 0 Å². The van der Waals surface area contributed by atoms with Crippen LogP contribution >= 0.6 is 0 Å². The SMILES string of the molecule is CC(NC(=O)N1CCOCC1c1ccccc1)c1cccnc1. The second kappa shape index (κ2) is 7.24. The van der Waals surface area contributed by atoms with Gasteiger partial charge < -0.3 is 15.0 Å². The second-order valence-corrected chi connectivity index (χ2v) is 5.65. The average Bonchev–Trinajstić information content (AvgIpc) is 2.63. The largest absolute Gasteiger partial charge is 0.377 e. The van der Waals surface area contributed by atoms with Gasteiger partial charge in [-0.05, 0) is 24.1 Å². The monoisotopic (exact) mass is 311 g/mol. The Hall–Kier alpha value is -2.40. The van der Waals surface area contributed by atoms with Crippen LogP contribution in [0, 0.1) is 0 Å². The summed E-state index contributed by atoms with van der Waals surface area (Å²) in [4.78, 5) is 18.7. The maximum atomic E-state index is 12.7. The van der Waals surface area contributed by atoms with Crippen molar-refractivity contribution in [3.8, 4) is 0 Å². The number of pyridine rings is 1. The fourth-order valence-electron chi connectivity index (χ4n) is 2.78. The lowest BCUT2D eigenvalue weighted by Crippen LogP contribution is -2.48. The van der Waals surface area contributed by atoms with E-state index in [0.717, 1.165) is 11.1 Å². The summed E-state index contributed by atoms with van der Waals surface area (Å²) in [5.41, 5.74) is 2.08. The minimum Gasteiger partial charge on any atom is -0.377 e. The minimum atomic E-state index is -0.0875. The molecule has 2 amide bonds. The van der Waals surface area contributed by atoms with Gasteiger partial charge in [0.05, 0.1) is 25.3 Å². The predicted molar refractivity (Wildman–Crippen MR) is 87.9 cm³/mol. The Labute approximate surface area is 136 Å². The fraction of sp³-hybridized carbons (Fsp3) is 0.333. The molecule has 0 saturated carbocycles. The van der Waals surface area contributed by atoms with Crippen molar-refractivity contribution >= 4 is 6.03 Å². The molecule has 0 radical (unpaired) electrons. The van der Waals surface area contributed by atoms with Crippen molar-refractivity contribution in [1.82, 2.24) is 15.2 Å². The van der Waals surface area contributed by atoms with Crippen molar-refractivity contribution in [3.05, 3.63) is 66.0 Å². The number of hydrogen-bond acceptors (Lipinski definition) is 3. The molecule has 1 saturated heterocycles. The molecule has 1 aliphatic heterocycles. The third kappa shape index (κ3) is 3.68. The van der Waals surface area contributed by atoms with Gasteiger partial charge in [0, 0.05) is 18.9 Å². The summed E-state index contributed by atoms with van der Waals surface area (Å²) in [6.07, 6.45) is 3.50. The van der Waals surface area contributed by atoms with Gasteiger partial charge in [-0.1, -0.05) is 36.4 Å². The van der Waals surface area contributed by atoms with Crippen LogP contribution < -0.4 is 5.32 Å². The highest BCUT2D eigenvalue weighted by molar-refractivity contribution is 5.75. The van der Waals surface area contributed by atoms with E-state index in [1.54, 1.807) is 12.4 Å². The minimum absolute atomic E-state index is 0.0500. The predicted octanol–water partition coefficient (Wildman–Crippen LogP) is 2.93. The van der Waals surface area contributed by atoms with Gasteiger partial charge in [0.1, 0.15) is 0 Å². The molecule has 1 aliphatic rings. The van der Waals surface area contributed by atoms with Crippen molar-refractivity contribution in [2.45, 2.75) is 19.0 Å². The van der Waals surface area contributed by atoms with E-state index in [4.69, 9.17) is 4.74 Å². The van der Waals surface area contributed by atoms with Crippen LogP contribution in [0.4, 0.5) is 4.79 Å². The number of rotatable bonds is 3. The van der Waals surface area contributed by atoms with Crippen LogP contribution in [-0.2, 0) is 4.74 Å². The number of morpholine rings is 1. The maximum absolute atomic E-state index is 12.7. The first kappa shape index (κ1) is 15.5. The third-order valence-electron chi connectivity index (χ3n) is 4.10. The van der Waals surface area contributed by atoms with E-state index in [2.05, 4.69) is 10.3 Å². The van der Waals surface area contributed by atoms with Gasteiger partial charge in [-0.3, -0.25) is 4.98 Å². The number of hydrogen-bond donors (Lipinski definition) is 1. The van der Waals surface area contributed by atoms with E-state index in [0.29, 0.717) is 19.8 Å². The number of nitrogens with zero attached hydrogens (tertiary/aromatic N) is 2. The molecule has 5 nitrogen and oxygen atoms in total. The Morgan fingerprint density at radius 3 is 2.87 bits per heavy atom. The first-order valence-corrected chi connectivity index (χ1v) is 7.85. The summed E-state index contributed by atoms with van der Waals surface area (Å²) in [5.74, 6) is 0. The first-order chi connectivity index (χ1) is 11.3. The summed E-state index contributed by atoms with van der Waals surface area (Å²) in [6.45, 7) is 3.65. The first-order valence-electron chi connectivity index (χ1n) is 7.85. The lowest BCUT2D eigenvalue weighted by molar-refractivity contribution is 0.0111. The van der Waals surface area contributed by atoms with Crippen LogP contribution in [0.5, 0.6) is 0 Å². The van der Waals surface area contributed by atoms with Gasteiger partial charge >= 0.3 is 6.03 Å². The van der Waals surface area contributed by atoms with Crippen molar-refractivity contribution in [2.24, 2.45) is 0 Å². The highest BCUT2D eigenvalue weighted by Gasteiger charge is 2.29. The number of nitrogens with one attached hydrogen (secondary N) is 1. The Balaban J connectivity index is 1.72. The molecular weight excluding hydrogens is 290 g/mol. The molecular formula is C18H21N3O2. The zero-order valence-electron chi connectivity index (χ0n) is 13.2. The van der Waals surface area contributed by atoms with Crippen LogP contribution in [0.2, 0.25) is 0 Å².